The molecular formula is C31H42FN7O4Si. The number of hydrogen-bond donors (Lipinski definition) is 2. The van der Waals surface area contributed by atoms with Crippen LogP contribution in [0.5, 0.6) is 0 Å². The summed E-state index contributed by atoms with van der Waals surface area (Å²) < 4.78 is 28.7. The molecule has 1 fully saturated rings. The van der Waals surface area contributed by atoms with Gasteiger partial charge in [0.2, 0.25) is 0 Å². The van der Waals surface area contributed by atoms with Crippen LogP contribution in [-0.4, -0.2) is 69.2 Å². The fourth-order valence-corrected chi connectivity index (χ4v) is 5.97. The molecule has 0 unspecified atom stereocenters. The lowest BCUT2D eigenvalue weighted by Crippen LogP contribution is -2.48. The van der Waals surface area contributed by atoms with Gasteiger partial charge in [-0.15, -0.1) is 0 Å². The van der Waals surface area contributed by atoms with Crippen LogP contribution in [0.4, 0.5) is 9.18 Å². The zero-order chi connectivity index (χ0) is 31.8. The number of ether oxygens (including phenoxy) is 2. The number of aryl methyl sites for hydroxylation is 1. The van der Waals surface area contributed by atoms with Gasteiger partial charge in [0, 0.05) is 45.9 Å². The number of halogens is 1. The molecule has 3 heterocycles. The summed E-state index contributed by atoms with van der Waals surface area (Å²) in [7, 11) is 0.484. The molecule has 0 saturated heterocycles. The summed E-state index contributed by atoms with van der Waals surface area (Å²) in [5.41, 5.74) is 2.47. The lowest BCUT2D eigenvalue weighted by molar-refractivity contribution is 0.0450. The van der Waals surface area contributed by atoms with Gasteiger partial charge in [-0.25, -0.2) is 19.2 Å². The number of amides is 2. The molecule has 0 radical (unpaired) electrons. The second kappa shape index (κ2) is 12.3. The van der Waals surface area contributed by atoms with Crippen molar-refractivity contribution in [2.24, 2.45) is 13.0 Å². The van der Waals surface area contributed by atoms with Crippen LogP contribution < -0.4 is 10.6 Å². The molecule has 44 heavy (non-hydrogen) atoms. The third-order valence-corrected chi connectivity index (χ3v) is 9.30. The minimum atomic E-state index is -1.26. The highest BCUT2D eigenvalue weighted by Gasteiger charge is 2.32. The second-order valence-corrected chi connectivity index (χ2v) is 19.4. The number of aromatic nitrogens is 5. The Morgan fingerprint density at radius 1 is 1.18 bits per heavy atom. The van der Waals surface area contributed by atoms with E-state index in [1.165, 1.54) is 12.1 Å². The molecule has 1 aliphatic carbocycles. The Morgan fingerprint density at radius 2 is 1.93 bits per heavy atom. The van der Waals surface area contributed by atoms with Crippen molar-refractivity contribution < 1.29 is 23.5 Å². The molecule has 0 aliphatic heterocycles. The van der Waals surface area contributed by atoms with Gasteiger partial charge in [0.15, 0.2) is 5.65 Å². The van der Waals surface area contributed by atoms with E-state index in [1.807, 2.05) is 20.8 Å². The smallest absolute Gasteiger partial charge is 0.407 e. The first-order valence-electron chi connectivity index (χ1n) is 15.0. The number of rotatable bonds is 10. The Kier molecular flexibility index (Phi) is 8.81. The highest BCUT2D eigenvalue weighted by Crippen LogP contribution is 2.30. The van der Waals surface area contributed by atoms with E-state index in [0.717, 1.165) is 24.3 Å². The van der Waals surface area contributed by atoms with Crippen LogP contribution in [-0.2, 0) is 23.3 Å². The Hall–Kier alpha value is -3.84. The molecule has 1 saturated carbocycles. The highest BCUT2D eigenvalue weighted by atomic mass is 28.3. The van der Waals surface area contributed by atoms with Crippen LogP contribution in [0, 0.1) is 11.7 Å². The summed E-state index contributed by atoms with van der Waals surface area (Å²) in [6.45, 7) is 13.7. The molecular weight excluding hydrogens is 581 g/mol. The quantitative estimate of drug-likeness (QED) is 0.177. The Bertz CT molecular complexity index is 1680. The van der Waals surface area contributed by atoms with Gasteiger partial charge in [0.05, 0.1) is 17.3 Å². The normalized spacial score (nSPS) is 17.1. The van der Waals surface area contributed by atoms with Gasteiger partial charge < -0.3 is 24.7 Å². The molecule has 1 aliphatic rings. The van der Waals surface area contributed by atoms with Crippen molar-refractivity contribution in [3.8, 4) is 11.4 Å². The van der Waals surface area contributed by atoms with E-state index in [4.69, 9.17) is 14.5 Å². The molecule has 2 N–H and O–H groups in total. The third kappa shape index (κ3) is 7.44. The summed E-state index contributed by atoms with van der Waals surface area (Å²) in [4.78, 5) is 35.1. The van der Waals surface area contributed by atoms with Crippen molar-refractivity contribution in [2.75, 3.05) is 13.2 Å². The number of carbonyl (C=O) groups is 2. The minimum Gasteiger partial charge on any atom is -0.444 e. The van der Waals surface area contributed by atoms with Crippen molar-refractivity contribution in [1.82, 2.24) is 34.9 Å². The predicted molar refractivity (Wildman–Crippen MR) is 170 cm³/mol. The molecule has 0 atom stereocenters. The maximum Gasteiger partial charge on any atom is 0.407 e. The maximum atomic E-state index is 13.9. The van der Waals surface area contributed by atoms with E-state index >= 15 is 0 Å². The van der Waals surface area contributed by atoms with Gasteiger partial charge in [0.25, 0.3) is 5.91 Å². The Balaban J connectivity index is 1.34. The molecule has 1 aromatic carbocycles. The number of benzene rings is 1. The van der Waals surface area contributed by atoms with Crippen LogP contribution in [0.1, 0.15) is 44.0 Å². The minimum absolute atomic E-state index is 0.0251. The van der Waals surface area contributed by atoms with E-state index in [-0.39, 0.29) is 30.4 Å². The van der Waals surface area contributed by atoms with Crippen molar-refractivity contribution in [3.05, 3.63) is 42.0 Å². The molecule has 0 bridgehead atoms. The first kappa shape index (κ1) is 31.6. The number of nitrogens with one attached hydrogen (secondary N) is 2. The lowest BCUT2D eigenvalue weighted by atomic mass is 9.80. The third-order valence-electron chi connectivity index (χ3n) is 7.60. The van der Waals surface area contributed by atoms with Gasteiger partial charge in [-0.05, 0) is 63.8 Å². The number of alkyl carbamates (subject to hydrolysis) is 1. The number of hydrogen-bond acceptors (Lipinski definition) is 7. The van der Waals surface area contributed by atoms with E-state index in [2.05, 4.69) is 40.4 Å². The van der Waals surface area contributed by atoms with Gasteiger partial charge in [0.1, 0.15) is 35.1 Å². The van der Waals surface area contributed by atoms with Crippen molar-refractivity contribution in [3.63, 3.8) is 0 Å². The summed E-state index contributed by atoms with van der Waals surface area (Å²) in [6.07, 6.45) is 4.44. The maximum absolute atomic E-state index is 13.9. The van der Waals surface area contributed by atoms with E-state index < -0.39 is 19.8 Å². The lowest BCUT2D eigenvalue weighted by Gasteiger charge is -2.36. The van der Waals surface area contributed by atoms with Gasteiger partial charge in [-0.1, -0.05) is 19.6 Å². The van der Waals surface area contributed by atoms with E-state index in [1.54, 1.807) is 34.8 Å². The summed E-state index contributed by atoms with van der Waals surface area (Å²) in [5, 5.41) is 11.2. The second-order valence-electron chi connectivity index (χ2n) is 13.8. The average Bonchev–Trinajstić information content (AvgIpc) is 3.43. The fraction of sp³-hybridized carbons (Fsp3) is 0.516. The molecule has 0 spiro atoms. The largest absolute Gasteiger partial charge is 0.444 e. The van der Waals surface area contributed by atoms with Crippen LogP contribution in [0.2, 0.25) is 25.7 Å². The average molecular weight is 624 g/mol. The van der Waals surface area contributed by atoms with Crippen molar-refractivity contribution in [1.29, 1.82) is 0 Å². The Morgan fingerprint density at radius 3 is 2.64 bits per heavy atom. The first-order valence-corrected chi connectivity index (χ1v) is 18.7. The number of carbonyl (C=O) groups excluding carboxylic acids is 2. The van der Waals surface area contributed by atoms with Crippen molar-refractivity contribution in [2.45, 2.75) is 77.7 Å². The predicted octanol–water partition coefficient (Wildman–Crippen LogP) is 5.47. The van der Waals surface area contributed by atoms with E-state index in [9.17, 15) is 14.0 Å². The molecule has 5 rings (SSSR count). The summed E-state index contributed by atoms with van der Waals surface area (Å²) in [6, 6.07) is 5.54. The molecule has 2 amide bonds. The molecule has 4 aromatic rings. The summed E-state index contributed by atoms with van der Waals surface area (Å²) >= 11 is 0. The zero-order valence-corrected chi connectivity index (χ0v) is 27.5. The van der Waals surface area contributed by atoms with E-state index in [0.29, 0.717) is 46.8 Å². The van der Waals surface area contributed by atoms with Crippen LogP contribution in [0.15, 0.2) is 30.6 Å². The zero-order valence-electron chi connectivity index (χ0n) is 26.5. The first-order chi connectivity index (χ1) is 20.7. The summed E-state index contributed by atoms with van der Waals surface area (Å²) in [5.74, 6) is -0.380. The van der Waals surface area contributed by atoms with Crippen LogP contribution in [0.3, 0.4) is 0 Å². The highest BCUT2D eigenvalue weighted by molar-refractivity contribution is 6.76. The van der Waals surface area contributed by atoms with Gasteiger partial charge >= 0.3 is 6.09 Å². The topological polar surface area (TPSA) is 125 Å². The number of fused-ring (bicyclic) bond motifs is 2. The Labute approximate surface area is 257 Å². The molecule has 13 heteroatoms. The fourth-order valence-electron chi connectivity index (χ4n) is 5.22. The molecule has 236 valence electrons. The monoisotopic (exact) mass is 623 g/mol. The van der Waals surface area contributed by atoms with Crippen LogP contribution in [0.25, 0.3) is 33.5 Å². The van der Waals surface area contributed by atoms with Crippen LogP contribution >= 0.6 is 0 Å². The SMILES string of the molecule is Cn1nc(-c2cnc3c(n2)c(C(=O)NC[C@H]2C[C@@H](NC(=O)OC(C)(C)C)C2)cn3COCC[Si](C)(C)C)c2ccc(F)cc21. The van der Waals surface area contributed by atoms with Gasteiger partial charge in [-0.3, -0.25) is 9.48 Å². The number of nitrogens with zero attached hydrogens (tertiary/aromatic N) is 5. The molecule has 3 aromatic heterocycles. The van der Waals surface area contributed by atoms with Crippen molar-refractivity contribution >= 4 is 42.1 Å². The molecule has 11 nitrogen and oxygen atoms in total. The van der Waals surface area contributed by atoms with Gasteiger partial charge in [-0.2, -0.15) is 5.10 Å². The standard InChI is InChI=1S/C31H42FN7O4Si/c1-31(2,3)43-30(41)35-21-12-19(13-21)15-34-29(40)23-17-39(18-42-10-11-44(5,6)7)28-27(23)36-24(16-33-28)26-22-9-8-20(32)14-25(22)38(4)37-26/h8-9,14,16-17,19,21H,10-13,15,18H2,1-7H3,(H,34,40)(H,35,41)/t19-,21+.